The Morgan fingerprint density at radius 2 is 1.53 bits per heavy atom. The van der Waals surface area contributed by atoms with Crippen molar-refractivity contribution in [1.82, 2.24) is 5.32 Å². The van der Waals surface area contributed by atoms with Crippen LogP contribution in [-0.4, -0.2) is 26.3 Å². The van der Waals surface area contributed by atoms with Crippen LogP contribution < -0.4 is 5.32 Å². The summed E-state index contributed by atoms with van der Waals surface area (Å²) in [5.41, 5.74) is 2.83. The van der Waals surface area contributed by atoms with Crippen LogP contribution in [0.2, 0.25) is 0 Å². The summed E-state index contributed by atoms with van der Waals surface area (Å²) in [5, 5.41) is 3.34. The molecule has 0 atom stereocenters. The first-order valence-corrected chi connectivity index (χ1v) is 7.73. The van der Waals surface area contributed by atoms with Gasteiger partial charge in [0.25, 0.3) is 0 Å². The second-order valence-electron chi connectivity index (χ2n) is 5.03. The van der Waals surface area contributed by atoms with Crippen LogP contribution in [0.5, 0.6) is 0 Å². The number of rotatable bonds is 11. The average Bonchev–Trinajstić information content (AvgIpc) is 2.45. The topological polar surface area (TPSA) is 21.3 Å². The van der Waals surface area contributed by atoms with E-state index in [1.165, 1.54) is 36.8 Å². The van der Waals surface area contributed by atoms with Crippen molar-refractivity contribution in [3.05, 3.63) is 35.4 Å². The van der Waals surface area contributed by atoms with Gasteiger partial charge in [-0.25, -0.2) is 0 Å². The number of nitrogens with one attached hydrogen (secondary N) is 1. The van der Waals surface area contributed by atoms with Crippen molar-refractivity contribution in [2.45, 2.75) is 46.0 Å². The van der Waals surface area contributed by atoms with Crippen LogP contribution in [0.15, 0.2) is 24.3 Å². The molecule has 2 heteroatoms. The first-order chi connectivity index (χ1) is 9.36. The number of aryl methyl sites for hydroxylation is 1. The molecule has 0 aliphatic rings. The maximum atomic E-state index is 5.62. The average molecular weight is 263 g/mol. The fraction of sp³-hybridized carbons (Fsp3) is 0.647. The summed E-state index contributed by atoms with van der Waals surface area (Å²) in [4.78, 5) is 0. The third kappa shape index (κ3) is 8.02. The maximum Gasteiger partial charge on any atom is 0.0591 e. The van der Waals surface area contributed by atoms with Gasteiger partial charge >= 0.3 is 0 Å². The number of hydrogen-bond donors (Lipinski definition) is 1. The summed E-state index contributed by atoms with van der Waals surface area (Å²) < 4.78 is 5.62. The molecule has 0 unspecified atom stereocenters. The number of hydrogen-bond acceptors (Lipinski definition) is 2. The molecule has 0 heterocycles. The molecule has 108 valence electrons. The molecule has 0 bridgehead atoms. The lowest BCUT2D eigenvalue weighted by atomic mass is 10.1. The Morgan fingerprint density at radius 3 is 2.16 bits per heavy atom. The molecule has 1 rings (SSSR count). The Hall–Kier alpha value is -0.860. The van der Waals surface area contributed by atoms with Crippen molar-refractivity contribution in [1.29, 1.82) is 0 Å². The molecule has 2 nitrogen and oxygen atoms in total. The fourth-order valence-electron chi connectivity index (χ4n) is 1.99. The molecule has 0 saturated heterocycles. The lowest BCUT2D eigenvalue weighted by molar-refractivity contribution is 0.139. The van der Waals surface area contributed by atoms with Crippen LogP contribution in [0.25, 0.3) is 0 Å². The number of benzene rings is 1. The number of unbranched alkanes of at least 4 members (excludes halogenated alkanes) is 1. The lowest BCUT2D eigenvalue weighted by Crippen LogP contribution is -2.20. The van der Waals surface area contributed by atoms with Crippen molar-refractivity contribution in [3.63, 3.8) is 0 Å². The van der Waals surface area contributed by atoms with Gasteiger partial charge in [0.1, 0.15) is 0 Å². The second kappa shape index (κ2) is 11.0. The molecule has 0 saturated carbocycles. The summed E-state index contributed by atoms with van der Waals surface area (Å²) in [5.74, 6) is 0. The highest BCUT2D eigenvalue weighted by atomic mass is 16.5. The van der Waals surface area contributed by atoms with Crippen molar-refractivity contribution in [2.24, 2.45) is 0 Å². The van der Waals surface area contributed by atoms with E-state index in [0.717, 1.165) is 32.7 Å². The van der Waals surface area contributed by atoms with Gasteiger partial charge in [-0.15, -0.1) is 0 Å². The van der Waals surface area contributed by atoms with Crippen LogP contribution >= 0.6 is 0 Å². The quantitative estimate of drug-likeness (QED) is 0.616. The third-order valence-corrected chi connectivity index (χ3v) is 3.23. The van der Waals surface area contributed by atoms with E-state index in [1.54, 1.807) is 0 Å². The Balaban J connectivity index is 2.09. The predicted molar refractivity (Wildman–Crippen MR) is 82.7 cm³/mol. The molecule has 0 radical (unpaired) electrons. The van der Waals surface area contributed by atoms with E-state index in [1.807, 2.05) is 0 Å². The predicted octanol–water partition coefficient (Wildman–Crippen LogP) is 3.59. The van der Waals surface area contributed by atoms with Crippen molar-refractivity contribution in [2.75, 3.05) is 26.3 Å². The van der Waals surface area contributed by atoms with E-state index >= 15 is 0 Å². The van der Waals surface area contributed by atoms with Gasteiger partial charge < -0.3 is 10.1 Å². The fourth-order valence-corrected chi connectivity index (χ4v) is 1.99. The minimum Gasteiger partial charge on any atom is -0.380 e. The SMILES string of the molecule is CCCCc1ccc(CCOCCNCCC)cc1. The molecule has 0 fully saturated rings. The Morgan fingerprint density at radius 1 is 0.842 bits per heavy atom. The van der Waals surface area contributed by atoms with Crippen LogP contribution in [0.1, 0.15) is 44.2 Å². The highest BCUT2D eigenvalue weighted by molar-refractivity contribution is 5.22. The molecule has 1 N–H and O–H groups in total. The van der Waals surface area contributed by atoms with Gasteiger partial charge in [0.15, 0.2) is 0 Å². The third-order valence-electron chi connectivity index (χ3n) is 3.23. The van der Waals surface area contributed by atoms with Crippen molar-refractivity contribution >= 4 is 0 Å². The summed E-state index contributed by atoms with van der Waals surface area (Å²) >= 11 is 0. The molecule has 1 aromatic carbocycles. The van der Waals surface area contributed by atoms with E-state index in [4.69, 9.17) is 4.74 Å². The van der Waals surface area contributed by atoms with E-state index < -0.39 is 0 Å². The Bertz CT molecular complexity index is 308. The van der Waals surface area contributed by atoms with Crippen molar-refractivity contribution in [3.8, 4) is 0 Å². The zero-order chi connectivity index (χ0) is 13.8. The molecule has 19 heavy (non-hydrogen) atoms. The monoisotopic (exact) mass is 263 g/mol. The lowest BCUT2D eigenvalue weighted by Gasteiger charge is -2.06. The Kier molecular flexibility index (Phi) is 9.38. The standard InChI is InChI=1S/C17H29NO/c1-3-5-6-16-7-9-17(10-8-16)11-14-19-15-13-18-12-4-2/h7-10,18H,3-6,11-15H2,1-2H3. The van der Waals surface area contributed by atoms with Crippen LogP contribution in [0.4, 0.5) is 0 Å². The summed E-state index contributed by atoms with van der Waals surface area (Å²) in [6.45, 7) is 8.10. The van der Waals surface area contributed by atoms with Crippen LogP contribution in [0.3, 0.4) is 0 Å². The van der Waals surface area contributed by atoms with Crippen LogP contribution in [0, 0.1) is 0 Å². The highest BCUT2D eigenvalue weighted by Gasteiger charge is 1.96. The largest absolute Gasteiger partial charge is 0.380 e. The molecule has 0 aliphatic carbocycles. The van der Waals surface area contributed by atoms with Gasteiger partial charge in [-0.05, 0) is 43.4 Å². The molecule has 0 aliphatic heterocycles. The zero-order valence-electron chi connectivity index (χ0n) is 12.6. The smallest absolute Gasteiger partial charge is 0.0591 e. The van der Waals surface area contributed by atoms with Gasteiger partial charge in [0.2, 0.25) is 0 Å². The van der Waals surface area contributed by atoms with Gasteiger partial charge in [-0.2, -0.15) is 0 Å². The highest BCUT2D eigenvalue weighted by Crippen LogP contribution is 2.08. The van der Waals surface area contributed by atoms with E-state index in [9.17, 15) is 0 Å². The first kappa shape index (κ1) is 16.2. The second-order valence-corrected chi connectivity index (χ2v) is 5.03. The molecule has 0 amide bonds. The van der Waals surface area contributed by atoms with Gasteiger partial charge in [-0.1, -0.05) is 44.5 Å². The zero-order valence-corrected chi connectivity index (χ0v) is 12.6. The van der Waals surface area contributed by atoms with Gasteiger partial charge in [-0.3, -0.25) is 0 Å². The minimum atomic E-state index is 0.814. The number of ether oxygens (including phenoxy) is 1. The maximum absolute atomic E-state index is 5.62. The van der Waals surface area contributed by atoms with Gasteiger partial charge in [0.05, 0.1) is 13.2 Å². The van der Waals surface area contributed by atoms with E-state index in [-0.39, 0.29) is 0 Å². The van der Waals surface area contributed by atoms with Crippen LogP contribution in [-0.2, 0) is 17.6 Å². The Labute approximate surface area is 118 Å². The molecule has 1 aromatic rings. The van der Waals surface area contributed by atoms with E-state index in [0.29, 0.717) is 0 Å². The molecular formula is C17H29NO. The molecular weight excluding hydrogens is 234 g/mol. The molecule has 0 aromatic heterocycles. The van der Waals surface area contributed by atoms with Gasteiger partial charge in [0, 0.05) is 6.54 Å². The van der Waals surface area contributed by atoms with E-state index in [2.05, 4.69) is 43.4 Å². The summed E-state index contributed by atoms with van der Waals surface area (Å²) in [7, 11) is 0. The first-order valence-electron chi connectivity index (χ1n) is 7.73. The van der Waals surface area contributed by atoms with Crippen molar-refractivity contribution < 1.29 is 4.74 Å². The minimum absolute atomic E-state index is 0.814. The normalized spacial score (nSPS) is 10.8. The summed E-state index contributed by atoms with van der Waals surface area (Å²) in [6, 6.07) is 9.00. The summed E-state index contributed by atoms with van der Waals surface area (Å²) in [6.07, 6.45) is 5.96. The molecule has 0 spiro atoms.